The molecule has 112 valence electrons. The van der Waals surface area contributed by atoms with Crippen molar-refractivity contribution in [2.45, 2.75) is 13.3 Å². The largest absolute Gasteiger partial charge is 0.398 e. The summed E-state index contributed by atoms with van der Waals surface area (Å²) in [5.74, 6) is 0. The molecular weight excluding hydrogens is 278 g/mol. The van der Waals surface area contributed by atoms with E-state index in [0.29, 0.717) is 0 Å². The van der Waals surface area contributed by atoms with Crippen LogP contribution in [0.1, 0.15) is 16.7 Å². The van der Waals surface area contributed by atoms with E-state index in [0.717, 1.165) is 17.5 Å². The van der Waals surface area contributed by atoms with Crippen LogP contribution in [0.3, 0.4) is 0 Å². The zero-order chi connectivity index (χ0) is 15.8. The van der Waals surface area contributed by atoms with Crippen LogP contribution in [-0.2, 0) is 6.42 Å². The van der Waals surface area contributed by atoms with E-state index in [9.17, 15) is 0 Å². The predicted molar refractivity (Wildman–Crippen MR) is 99.9 cm³/mol. The lowest BCUT2D eigenvalue weighted by Gasteiger charge is -2.12. The number of nitrogen functional groups attached to an aromatic ring is 1. The Kier molecular flexibility index (Phi) is 3.27. The van der Waals surface area contributed by atoms with Crippen molar-refractivity contribution in [3.05, 3.63) is 89.5 Å². The van der Waals surface area contributed by atoms with Gasteiger partial charge in [0.1, 0.15) is 0 Å². The molecule has 4 aromatic carbocycles. The van der Waals surface area contributed by atoms with Crippen LogP contribution in [0.2, 0.25) is 0 Å². The van der Waals surface area contributed by atoms with E-state index in [1.807, 2.05) is 12.1 Å². The van der Waals surface area contributed by atoms with Gasteiger partial charge in [0, 0.05) is 11.1 Å². The molecule has 1 nitrogen and oxygen atoms in total. The first kappa shape index (κ1) is 13.8. The molecule has 0 fully saturated rings. The number of nitrogens with two attached hydrogens (primary N) is 1. The zero-order valence-electron chi connectivity index (χ0n) is 13.2. The second-order valence-electron chi connectivity index (χ2n) is 6.12. The minimum atomic E-state index is 0.845. The summed E-state index contributed by atoms with van der Waals surface area (Å²) in [4.78, 5) is 0. The third kappa shape index (κ3) is 2.35. The number of fused-ring (bicyclic) bond motifs is 2. The summed E-state index contributed by atoms with van der Waals surface area (Å²) in [6, 6.07) is 25.7. The molecule has 0 heterocycles. The standard InChI is InChI=1S/C22H19N/c1-15-12-13-17(19-8-3-2-7-18(15)19)14-16-6-4-10-21-20(16)9-5-11-22(21)23/h2-13H,14,23H2,1H3. The summed E-state index contributed by atoms with van der Waals surface area (Å²) in [6.07, 6.45) is 0.918. The Morgan fingerprint density at radius 1 is 0.609 bits per heavy atom. The van der Waals surface area contributed by atoms with Crippen molar-refractivity contribution in [1.82, 2.24) is 0 Å². The second-order valence-corrected chi connectivity index (χ2v) is 6.12. The molecule has 0 unspecified atom stereocenters. The van der Waals surface area contributed by atoms with Gasteiger partial charge < -0.3 is 5.73 Å². The van der Waals surface area contributed by atoms with Crippen molar-refractivity contribution in [3.63, 3.8) is 0 Å². The Hall–Kier alpha value is -2.80. The van der Waals surface area contributed by atoms with Gasteiger partial charge in [0.15, 0.2) is 0 Å². The fourth-order valence-corrected chi connectivity index (χ4v) is 3.42. The van der Waals surface area contributed by atoms with Crippen LogP contribution in [0.4, 0.5) is 5.69 Å². The quantitative estimate of drug-likeness (QED) is 0.487. The fraction of sp³-hybridized carbons (Fsp3) is 0.0909. The summed E-state index contributed by atoms with van der Waals surface area (Å²) in [6.45, 7) is 2.17. The highest BCUT2D eigenvalue weighted by Gasteiger charge is 2.07. The first-order valence-corrected chi connectivity index (χ1v) is 7.97. The van der Waals surface area contributed by atoms with Crippen LogP contribution in [-0.4, -0.2) is 0 Å². The molecule has 1 heteroatoms. The van der Waals surface area contributed by atoms with Crippen LogP contribution >= 0.6 is 0 Å². The van der Waals surface area contributed by atoms with E-state index in [-0.39, 0.29) is 0 Å². The van der Waals surface area contributed by atoms with Crippen molar-refractivity contribution in [1.29, 1.82) is 0 Å². The van der Waals surface area contributed by atoms with E-state index >= 15 is 0 Å². The van der Waals surface area contributed by atoms with Crippen LogP contribution in [0, 0.1) is 6.92 Å². The van der Waals surface area contributed by atoms with Gasteiger partial charge in [0.25, 0.3) is 0 Å². The highest BCUT2D eigenvalue weighted by molar-refractivity contribution is 5.96. The Labute approximate surface area is 136 Å². The van der Waals surface area contributed by atoms with Gasteiger partial charge in [-0.3, -0.25) is 0 Å². The van der Waals surface area contributed by atoms with E-state index in [4.69, 9.17) is 5.73 Å². The maximum Gasteiger partial charge on any atom is 0.0393 e. The van der Waals surface area contributed by atoms with Crippen LogP contribution < -0.4 is 5.73 Å². The van der Waals surface area contributed by atoms with E-state index in [2.05, 4.69) is 67.6 Å². The van der Waals surface area contributed by atoms with Gasteiger partial charge in [-0.05, 0) is 52.3 Å². The number of rotatable bonds is 2. The molecule has 0 aliphatic heterocycles. The zero-order valence-corrected chi connectivity index (χ0v) is 13.2. The average molecular weight is 297 g/mol. The molecule has 0 amide bonds. The van der Waals surface area contributed by atoms with Crippen molar-refractivity contribution >= 4 is 27.2 Å². The molecule has 0 spiro atoms. The lowest BCUT2D eigenvalue weighted by atomic mass is 9.93. The summed E-state index contributed by atoms with van der Waals surface area (Å²) in [5, 5.41) is 5.07. The molecule has 0 aromatic heterocycles. The van der Waals surface area contributed by atoms with Crippen molar-refractivity contribution in [3.8, 4) is 0 Å². The van der Waals surface area contributed by atoms with Crippen LogP contribution in [0.25, 0.3) is 21.5 Å². The number of hydrogen-bond donors (Lipinski definition) is 1. The van der Waals surface area contributed by atoms with Gasteiger partial charge in [-0.25, -0.2) is 0 Å². The Bertz CT molecular complexity index is 978. The van der Waals surface area contributed by atoms with Crippen molar-refractivity contribution < 1.29 is 0 Å². The Morgan fingerprint density at radius 3 is 2.09 bits per heavy atom. The molecule has 0 aliphatic carbocycles. The minimum absolute atomic E-state index is 0.845. The lowest BCUT2D eigenvalue weighted by molar-refractivity contribution is 1.23. The molecule has 0 aliphatic rings. The molecule has 4 aromatic rings. The number of aryl methyl sites for hydroxylation is 1. The molecular formula is C22H19N. The smallest absolute Gasteiger partial charge is 0.0393 e. The Balaban J connectivity index is 1.89. The highest BCUT2D eigenvalue weighted by Crippen LogP contribution is 2.29. The number of benzene rings is 4. The average Bonchev–Trinajstić information content (AvgIpc) is 2.58. The van der Waals surface area contributed by atoms with Gasteiger partial charge in [-0.2, -0.15) is 0 Å². The Morgan fingerprint density at radius 2 is 1.22 bits per heavy atom. The second kappa shape index (κ2) is 5.44. The molecule has 2 N–H and O–H groups in total. The maximum absolute atomic E-state index is 6.13. The van der Waals surface area contributed by atoms with E-state index < -0.39 is 0 Å². The monoisotopic (exact) mass is 297 g/mol. The van der Waals surface area contributed by atoms with Crippen molar-refractivity contribution in [2.75, 3.05) is 5.73 Å². The van der Waals surface area contributed by atoms with Gasteiger partial charge in [-0.1, -0.05) is 66.7 Å². The summed E-state index contributed by atoms with van der Waals surface area (Å²) >= 11 is 0. The SMILES string of the molecule is Cc1ccc(Cc2cccc3c(N)cccc23)c2ccccc12. The van der Waals surface area contributed by atoms with Crippen molar-refractivity contribution in [2.24, 2.45) is 0 Å². The molecule has 0 radical (unpaired) electrons. The first-order chi connectivity index (χ1) is 11.2. The van der Waals surface area contributed by atoms with Crippen LogP contribution in [0.5, 0.6) is 0 Å². The fourth-order valence-electron chi connectivity index (χ4n) is 3.42. The lowest BCUT2D eigenvalue weighted by Crippen LogP contribution is -1.94. The summed E-state index contributed by atoms with van der Waals surface area (Å²) in [5.41, 5.74) is 11.0. The predicted octanol–water partition coefficient (Wildman–Crippen LogP) is 5.47. The van der Waals surface area contributed by atoms with Gasteiger partial charge >= 0.3 is 0 Å². The molecule has 0 saturated carbocycles. The topological polar surface area (TPSA) is 26.0 Å². The molecule has 0 atom stereocenters. The summed E-state index contributed by atoms with van der Waals surface area (Å²) < 4.78 is 0. The molecule has 0 bridgehead atoms. The third-order valence-corrected chi connectivity index (χ3v) is 4.66. The van der Waals surface area contributed by atoms with Gasteiger partial charge in [-0.15, -0.1) is 0 Å². The maximum atomic E-state index is 6.13. The number of hydrogen-bond acceptors (Lipinski definition) is 1. The minimum Gasteiger partial charge on any atom is -0.398 e. The van der Waals surface area contributed by atoms with Gasteiger partial charge in [0.2, 0.25) is 0 Å². The summed E-state index contributed by atoms with van der Waals surface area (Å²) in [7, 11) is 0. The highest BCUT2D eigenvalue weighted by atomic mass is 14.5. The normalized spacial score (nSPS) is 11.2. The van der Waals surface area contributed by atoms with E-state index in [1.165, 1.54) is 32.8 Å². The first-order valence-electron chi connectivity index (χ1n) is 7.97. The molecule has 0 saturated heterocycles. The van der Waals surface area contributed by atoms with Gasteiger partial charge in [0.05, 0.1) is 0 Å². The third-order valence-electron chi connectivity index (χ3n) is 4.66. The number of anilines is 1. The van der Waals surface area contributed by atoms with Crippen LogP contribution in [0.15, 0.2) is 72.8 Å². The molecule has 23 heavy (non-hydrogen) atoms. The molecule has 4 rings (SSSR count). The van der Waals surface area contributed by atoms with E-state index in [1.54, 1.807) is 0 Å².